The van der Waals surface area contributed by atoms with E-state index in [2.05, 4.69) is 15.3 Å². The first-order chi connectivity index (χ1) is 15.0. The van der Waals surface area contributed by atoms with Crippen molar-refractivity contribution in [3.8, 4) is 22.1 Å². The zero-order valence-corrected chi connectivity index (χ0v) is 18.8. The third-order valence-corrected chi connectivity index (χ3v) is 5.84. The van der Waals surface area contributed by atoms with Gasteiger partial charge in [-0.3, -0.25) is 0 Å². The molecule has 0 fully saturated rings. The fourth-order valence-corrected chi connectivity index (χ4v) is 4.36. The number of thiophene rings is 1. The first kappa shape index (κ1) is 21.1. The summed E-state index contributed by atoms with van der Waals surface area (Å²) < 4.78 is 27.6. The first-order valence-electron chi connectivity index (χ1n) is 10.1. The molecular formula is C23H25FN4O2S. The number of ether oxygens (including phenoxy) is 2. The maximum atomic E-state index is 14.5. The molecule has 4 aromatic rings. The van der Waals surface area contributed by atoms with Crippen molar-refractivity contribution < 1.29 is 13.9 Å². The van der Waals surface area contributed by atoms with Gasteiger partial charge in [-0.05, 0) is 39.0 Å². The van der Waals surface area contributed by atoms with Crippen LogP contribution >= 0.6 is 11.3 Å². The third kappa shape index (κ3) is 4.49. The van der Waals surface area contributed by atoms with Crippen molar-refractivity contribution >= 4 is 28.1 Å². The number of hydrogen-bond donors (Lipinski definition) is 1. The topological polar surface area (TPSA) is 61.2 Å². The van der Waals surface area contributed by atoms with Gasteiger partial charge in [-0.15, -0.1) is 11.3 Å². The summed E-state index contributed by atoms with van der Waals surface area (Å²) in [7, 11) is 1.60. The highest BCUT2D eigenvalue weighted by molar-refractivity contribution is 7.13. The van der Waals surface area contributed by atoms with Crippen LogP contribution in [0.5, 0.6) is 11.5 Å². The van der Waals surface area contributed by atoms with Gasteiger partial charge in [0.1, 0.15) is 29.5 Å². The smallest absolute Gasteiger partial charge is 0.147 e. The Morgan fingerprint density at radius 1 is 1.19 bits per heavy atom. The minimum absolute atomic E-state index is 0.128. The van der Waals surface area contributed by atoms with Gasteiger partial charge in [-0.1, -0.05) is 0 Å². The van der Waals surface area contributed by atoms with Gasteiger partial charge in [0.05, 0.1) is 29.3 Å². The minimum atomic E-state index is -0.259. The number of rotatable bonds is 8. The zero-order valence-electron chi connectivity index (χ0n) is 18.0. The van der Waals surface area contributed by atoms with Gasteiger partial charge in [0.25, 0.3) is 0 Å². The van der Waals surface area contributed by atoms with Crippen molar-refractivity contribution in [3.05, 3.63) is 53.6 Å². The average molecular weight is 441 g/mol. The summed E-state index contributed by atoms with van der Waals surface area (Å²) in [5, 5.41) is 6.08. The molecule has 0 aliphatic heterocycles. The van der Waals surface area contributed by atoms with E-state index in [-0.39, 0.29) is 11.9 Å². The van der Waals surface area contributed by atoms with Crippen molar-refractivity contribution in [1.82, 2.24) is 14.5 Å². The van der Waals surface area contributed by atoms with E-state index >= 15 is 0 Å². The van der Waals surface area contributed by atoms with E-state index in [9.17, 15) is 4.39 Å². The molecule has 162 valence electrons. The molecular weight excluding hydrogens is 415 g/mol. The molecule has 3 heterocycles. The predicted octanol–water partition coefficient (Wildman–Crippen LogP) is 5.52. The molecule has 0 saturated heterocycles. The number of nitrogens with zero attached hydrogens (tertiary/aromatic N) is 3. The molecule has 8 heteroatoms. The summed E-state index contributed by atoms with van der Waals surface area (Å²) in [6.07, 6.45) is 1.67. The summed E-state index contributed by atoms with van der Waals surface area (Å²) in [6, 6.07) is 8.95. The molecule has 0 saturated carbocycles. The molecule has 3 aromatic heterocycles. The van der Waals surface area contributed by atoms with Crippen LogP contribution < -0.4 is 14.8 Å². The Labute approximate surface area is 184 Å². The lowest BCUT2D eigenvalue weighted by molar-refractivity contribution is 0.243. The van der Waals surface area contributed by atoms with Crippen LogP contribution in [0.1, 0.15) is 19.5 Å². The van der Waals surface area contributed by atoms with Crippen molar-refractivity contribution in [2.24, 2.45) is 0 Å². The number of methoxy groups -OCH3 is 1. The molecule has 0 atom stereocenters. The number of aromatic nitrogens is 3. The van der Waals surface area contributed by atoms with Crippen molar-refractivity contribution in [2.75, 3.05) is 19.0 Å². The van der Waals surface area contributed by atoms with E-state index in [0.717, 1.165) is 33.2 Å². The first-order valence-corrected chi connectivity index (χ1v) is 11.0. The number of benzene rings is 1. The number of nitrogens with one attached hydrogen (secondary N) is 1. The number of halogens is 1. The lowest BCUT2D eigenvalue weighted by atomic mass is 10.2. The molecule has 1 aromatic carbocycles. The summed E-state index contributed by atoms with van der Waals surface area (Å²) in [4.78, 5) is 9.71. The fourth-order valence-electron chi connectivity index (χ4n) is 3.58. The molecule has 0 bridgehead atoms. The van der Waals surface area contributed by atoms with E-state index in [0.29, 0.717) is 24.4 Å². The molecule has 0 aliphatic carbocycles. The van der Waals surface area contributed by atoms with Gasteiger partial charge in [0.15, 0.2) is 0 Å². The highest BCUT2D eigenvalue weighted by Gasteiger charge is 2.14. The molecule has 0 radical (unpaired) electrons. The quantitative estimate of drug-likeness (QED) is 0.391. The van der Waals surface area contributed by atoms with E-state index in [1.54, 1.807) is 30.8 Å². The second-order valence-electron chi connectivity index (χ2n) is 7.48. The molecule has 1 N–H and O–H groups in total. The van der Waals surface area contributed by atoms with Crippen LogP contribution in [0, 0.1) is 12.7 Å². The number of aryl methyl sites for hydroxylation is 1. The van der Waals surface area contributed by atoms with Crippen LogP contribution in [0.3, 0.4) is 0 Å². The zero-order chi connectivity index (χ0) is 22.0. The average Bonchev–Trinajstić information content (AvgIpc) is 3.33. The van der Waals surface area contributed by atoms with Gasteiger partial charge in [0, 0.05) is 41.7 Å². The minimum Gasteiger partial charge on any atom is -0.496 e. The molecule has 0 spiro atoms. The summed E-state index contributed by atoms with van der Waals surface area (Å²) in [5.41, 5.74) is 2.36. The van der Waals surface area contributed by atoms with E-state index in [1.807, 2.05) is 48.9 Å². The third-order valence-electron chi connectivity index (χ3n) is 4.90. The molecule has 0 unspecified atom stereocenters. The molecule has 0 aliphatic rings. The van der Waals surface area contributed by atoms with Gasteiger partial charge in [0.2, 0.25) is 0 Å². The molecule has 6 nitrogen and oxygen atoms in total. The van der Waals surface area contributed by atoms with Crippen LogP contribution in [-0.4, -0.2) is 34.3 Å². The maximum absolute atomic E-state index is 14.5. The molecule has 4 rings (SSSR count). The number of anilines is 1. The van der Waals surface area contributed by atoms with Gasteiger partial charge in [-0.25, -0.2) is 14.4 Å². The Balaban J connectivity index is 1.48. The monoisotopic (exact) mass is 440 g/mol. The summed E-state index contributed by atoms with van der Waals surface area (Å²) in [6.45, 7) is 7.15. The largest absolute Gasteiger partial charge is 0.496 e. The Kier molecular flexibility index (Phi) is 6.08. The van der Waals surface area contributed by atoms with Crippen LogP contribution in [0.4, 0.5) is 10.2 Å². The summed E-state index contributed by atoms with van der Waals surface area (Å²) >= 11 is 1.58. The number of fused-ring (bicyclic) bond motifs is 1. The maximum Gasteiger partial charge on any atom is 0.147 e. The van der Waals surface area contributed by atoms with E-state index in [4.69, 9.17) is 9.47 Å². The van der Waals surface area contributed by atoms with Crippen molar-refractivity contribution in [3.63, 3.8) is 0 Å². The molecule has 31 heavy (non-hydrogen) atoms. The van der Waals surface area contributed by atoms with E-state index < -0.39 is 0 Å². The summed E-state index contributed by atoms with van der Waals surface area (Å²) in [5.74, 6) is 1.97. The Hall–Kier alpha value is -3.13. The van der Waals surface area contributed by atoms with Crippen molar-refractivity contribution in [2.45, 2.75) is 33.4 Å². The lowest BCUT2D eigenvalue weighted by Crippen LogP contribution is -2.12. The second-order valence-corrected chi connectivity index (χ2v) is 8.39. The Morgan fingerprint density at radius 2 is 2.03 bits per heavy atom. The second kappa shape index (κ2) is 8.93. The van der Waals surface area contributed by atoms with Crippen LogP contribution in [0.25, 0.3) is 21.5 Å². The lowest BCUT2D eigenvalue weighted by Gasteiger charge is -2.11. The highest BCUT2D eigenvalue weighted by Crippen LogP contribution is 2.32. The Bertz CT molecular complexity index is 1200. The van der Waals surface area contributed by atoms with Crippen LogP contribution in [0.15, 0.2) is 42.0 Å². The fraction of sp³-hybridized carbons (Fsp3) is 0.304. The number of hydrogen-bond acceptors (Lipinski definition) is 6. The van der Waals surface area contributed by atoms with Crippen molar-refractivity contribution in [1.29, 1.82) is 0 Å². The Morgan fingerprint density at radius 3 is 2.81 bits per heavy atom. The predicted molar refractivity (Wildman–Crippen MR) is 123 cm³/mol. The van der Waals surface area contributed by atoms with Gasteiger partial charge in [-0.2, -0.15) is 0 Å². The van der Waals surface area contributed by atoms with Crippen LogP contribution in [-0.2, 0) is 6.54 Å². The van der Waals surface area contributed by atoms with Crippen LogP contribution in [0.2, 0.25) is 0 Å². The van der Waals surface area contributed by atoms with Gasteiger partial charge < -0.3 is 19.4 Å². The van der Waals surface area contributed by atoms with E-state index in [1.165, 1.54) is 6.07 Å². The highest BCUT2D eigenvalue weighted by atomic mass is 32.1. The van der Waals surface area contributed by atoms with Gasteiger partial charge >= 0.3 is 0 Å². The molecule has 0 amide bonds. The SMILES string of the molecule is COc1ccc(F)c2c1cc(C)n2CCNc1cc(-c2cc(OC(C)C)cs2)ncn1. The standard InChI is InChI=1S/C23H25FN4O2S/c1-14(2)30-16-10-21(31-12-16)19-11-22(27-13-26-19)25-7-8-28-15(3)9-17-20(29-4)6-5-18(24)23(17)28/h5-6,9-14H,7-8H2,1-4H3,(H,25,26,27). The normalized spacial score (nSPS) is 11.3.